The van der Waals surface area contributed by atoms with Crippen LogP contribution in [0.3, 0.4) is 0 Å². The van der Waals surface area contributed by atoms with Crippen molar-refractivity contribution in [2.24, 2.45) is 0 Å². The molecule has 6 atom stereocenters. The molecule has 0 spiro atoms. The Morgan fingerprint density at radius 1 is 0.512 bits per heavy atom. The predicted molar refractivity (Wildman–Crippen MR) is 188 cm³/mol. The maximum absolute atomic E-state index is 6.86. The number of alkyl halides is 2. The van der Waals surface area contributed by atoms with Crippen LogP contribution in [0.15, 0.2) is 109 Å². The minimum Gasteiger partial charge on any atom is -0.118 e. The van der Waals surface area contributed by atoms with Crippen molar-refractivity contribution in [1.82, 2.24) is 0 Å². The summed E-state index contributed by atoms with van der Waals surface area (Å²) < 4.78 is 0. The summed E-state index contributed by atoms with van der Waals surface area (Å²) in [5.41, 5.74) is 6.21. The first-order valence-corrected chi connectivity index (χ1v) is 17.9. The van der Waals surface area contributed by atoms with Gasteiger partial charge in [0, 0.05) is 5.41 Å². The molecule has 0 saturated carbocycles. The van der Waals surface area contributed by atoms with E-state index in [1.165, 1.54) is 32.9 Å². The van der Waals surface area contributed by atoms with Crippen molar-refractivity contribution in [2.45, 2.75) is 80.9 Å². The molecule has 0 radical (unpaired) electrons. The molecule has 0 heterocycles. The molecule has 0 nitrogen and oxygen atoms in total. The molecule has 0 amide bonds. The Kier molecular flexibility index (Phi) is 12.3. The van der Waals surface area contributed by atoms with Crippen molar-refractivity contribution < 1.29 is 0 Å². The summed E-state index contributed by atoms with van der Waals surface area (Å²) in [6, 6.07) is 39.5. The number of rotatable bonds is 14. The quantitative estimate of drug-likeness (QED) is 0.0971. The van der Waals surface area contributed by atoms with Gasteiger partial charge in [-0.05, 0) is 69.9 Å². The van der Waals surface area contributed by atoms with Gasteiger partial charge in [-0.25, -0.2) is 0 Å². The Morgan fingerprint density at radius 2 is 0.854 bits per heavy atom. The second-order valence-corrected chi connectivity index (χ2v) is 16.5. The number of benzene rings is 4. The summed E-state index contributed by atoms with van der Waals surface area (Å²) in [5, 5.41) is 2.96. The van der Waals surface area contributed by atoms with E-state index in [1.54, 1.807) is 0 Å². The second kappa shape index (κ2) is 15.7. The highest BCUT2D eigenvalue weighted by Gasteiger charge is 2.24. The summed E-state index contributed by atoms with van der Waals surface area (Å²) in [6.45, 7) is 9.27. The minimum atomic E-state index is -0.0999. The lowest BCUT2D eigenvalue weighted by Gasteiger charge is -2.27. The maximum atomic E-state index is 6.86. The molecule has 0 fully saturated rings. The van der Waals surface area contributed by atoms with Crippen LogP contribution in [-0.4, -0.2) is 11.3 Å². The molecular weight excluding hydrogens is 577 g/mol. The Labute approximate surface area is 262 Å². The van der Waals surface area contributed by atoms with Gasteiger partial charge in [-0.2, -0.15) is 0 Å². The van der Waals surface area contributed by atoms with Crippen LogP contribution in [0.1, 0.15) is 86.4 Å². The van der Waals surface area contributed by atoms with Gasteiger partial charge in [0.15, 0.2) is 0 Å². The summed E-state index contributed by atoms with van der Waals surface area (Å²) in [6.07, 6.45) is 4.26. The van der Waals surface area contributed by atoms with Crippen LogP contribution >= 0.6 is 40.4 Å². The molecule has 216 valence electrons. The van der Waals surface area contributed by atoms with Crippen molar-refractivity contribution in [3.05, 3.63) is 131 Å². The number of hydrogen-bond donors (Lipinski definition) is 0. The molecule has 4 aromatic rings. The zero-order chi connectivity index (χ0) is 29.2. The average molecular weight is 622 g/mol. The zero-order valence-corrected chi connectivity index (χ0v) is 28.3. The predicted octanol–water partition coefficient (Wildman–Crippen LogP) is 10.9. The van der Waals surface area contributed by atoms with Crippen LogP contribution < -0.4 is 10.6 Å². The zero-order valence-electron chi connectivity index (χ0n) is 24.8. The molecule has 0 N–H and O–H groups in total. The maximum Gasteiger partial charge on any atom is 0.0585 e. The summed E-state index contributed by atoms with van der Waals surface area (Å²) in [7, 11) is 1.67. The molecule has 0 bridgehead atoms. The van der Waals surface area contributed by atoms with Crippen LogP contribution in [0.2, 0.25) is 0 Å². The number of hydrogen-bond acceptors (Lipinski definition) is 0. The van der Waals surface area contributed by atoms with Gasteiger partial charge in [0.25, 0.3) is 0 Å². The van der Waals surface area contributed by atoms with Gasteiger partial charge in [-0.3, -0.25) is 0 Å². The number of halogens is 2. The van der Waals surface area contributed by atoms with Gasteiger partial charge in [0.05, 0.1) is 10.8 Å². The largest absolute Gasteiger partial charge is 0.118 e. The van der Waals surface area contributed by atoms with E-state index in [9.17, 15) is 0 Å². The van der Waals surface area contributed by atoms with Gasteiger partial charge in [0.2, 0.25) is 0 Å². The molecule has 0 aromatic heterocycles. The van der Waals surface area contributed by atoms with E-state index >= 15 is 0 Å². The molecule has 0 aliphatic heterocycles. The topological polar surface area (TPSA) is 0 Å². The molecule has 4 aromatic carbocycles. The van der Waals surface area contributed by atoms with E-state index in [1.807, 2.05) is 0 Å². The first-order chi connectivity index (χ1) is 19.7. The van der Waals surface area contributed by atoms with Gasteiger partial charge >= 0.3 is 0 Å². The SMILES string of the molecule is CC(CCC(Cl)c1ccc(C(C)(C)c2ccc(C(Cl)CCC(C)Pc3ccccc3)cc2)cc1)Pc1ccccc1. The first-order valence-electron chi connectivity index (χ1n) is 14.8. The Hall–Kier alpha value is -1.68. The Bertz CT molecular complexity index is 1200. The van der Waals surface area contributed by atoms with Crippen LogP contribution in [0.5, 0.6) is 0 Å². The first kappa shape index (κ1) is 32.2. The van der Waals surface area contributed by atoms with Crippen LogP contribution in [0.25, 0.3) is 0 Å². The molecular formula is C37H44Cl2P2. The molecule has 4 rings (SSSR count). The van der Waals surface area contributed by atoms with E-state index in [2.05, 4.69) is 137 Å². The van der Waals surface area contributed by atoms with Crippen LogP contribution in [0, 0.1) is 0 Å². The smallest absolute Gasteiger partial charge is 0.0585 e. The van der Waals surface area contributed by atoms with Gasteiger partial charge in [-0.15, -0.1) is 23.2 Å². The summed E-state index contributed by atoms with van der Waals surface area (Å²) in [4.78, 5) is 0. The standard InChI is InChI=1S/C37H44Cl2P2/c1-27(40-33-11-7-5-8-12-33)15-25-35(38)29-17-21-31(22-18-29)37(3,4)32-23-19-30(20-24-32)36(39)26-16-28(2)41-34-13-9-6-10-14-34/h5-14,17-24,27-28,35-36,40-41H,15-16,25-26H2,1-4H3. The normalized spacial score (nSPS) is 15.4. The third kappa shape index (κ3) is 9.66. The summed E-state index contributed by atoms with van der Waals surface area (Å²) >= 11 is 13.7. The van der Waals surface area contributed by atoms with Crippen molar-refractivity contribution in [3.8, 4) is 0 Å². The molecule has 0 aliphatic carbocycles. The van der Waals surface area contributed by atoms with Crippen molar-refractivity contribution in [2.75, 3.05) is 0 Å². The third-order valence-electron chi connectivity index (χ3n) is 8.07. The van der Waals surface area contributed by atoms with E-state index in [0.29, 0.717) is 11.3 Å². The lowest BCUT2D eigenvalue weighted by Crippen LogP contribution is -2.19. The van der Waals surface area contributed by atoms with Gasteiger partial charge < -0.3 is 0 Å². The van der Waals surface area contributed by atoms with Gasteiger partial charge in [-0.1, -0.05) is 154 Å². The van der Waals surface area contributed by atoms with Gasteiger partial charge in [0.1, 0.15) is 0 Å². The fourth-order valence-corrected chi connectivity index (χ4v) is 8.36. The van der Waals surface area contributed by atoms with E-state index < -0.39 is 0 Å². The highest BCUT2D eigenvalue weighted by atomic mass is 35.5. The summed E-state index contributed by atoms with van der Waals surface area (Å²) in [5.74, 6) is 0. The molecule has 41 heavy (non-hydrogen) atoms. The lowest BCUT2D eigenvalue weighted by atomic mass is 9.77. The van der Waals surface area contributed by atoms with E-state index in [0.717, 1.165) is 42.8 Å². The second-order valence-electron chi connectivity index (χ2n) is 11.8. The van der Waals surface area contributed by atoms with Crippen LogP contribution in [-0.2, 0) is 5.41 Å². The van der Waals surface area contributed by atoms with E-state index in [4.69, 9.17) is 23.2 Å². The molecule has 6 unspecified atom stereocenters. The molecule has 0 saturated heterocycles. The Balaban J connectivity index is 1.28. The van der Waals surface area contributed by atoms with Crippen molar-refractivity contribution >= 4 is 51.0 Å². The molecule has 4 heteroatoms. The monoisotopic (exact) mass is 620 g/mol. The van der Waals surface area contributed by atoms with E-state index in [-0.39, 0.29) is 16.2 Å². The van der Waals surface area contributed by atoms with Crippen molar-refractivity contribution in [1.29, 1.82) is 0 Å². The highest BCUT2D eigenvalue weighted by Crippen LogP contribution is 2.36. The fraction of sp³-hybridized carbons (Fsp3) is 0.351. The third-order valence-corrected chi connectivity index (χ3v) is 11.9. The molecule has 0 aliphatic rings. The van der Waals surface area contributed by atoms with Crippen molar-refractivity contribution in [3.63, 3.8) is 0 Å². The minimum absolute atomic E-state index is 0.0473. The average Bonchev–Trinajstić information content (AvgIpc) is 3.00. The fourth-order valence-electron chi connectivity index (χ4n) is 5.29. The highest BCUT2D eigenvalue weighted by molar-refractivity contribution is 7.48. The van der Waals surface area contributed by atoms with Crippen LogP contribution in [0.4, 0.5) is 0 Å². The Morgan fingerprint density at radius 3 is 1.20 bits per heavy atom. The lowest BCUT2D eigenvalue weighted by molar-refractivity contribution is 0.638.